The largest absolute Gasteiger partial charge is 0.376 e. The zero-order valence-corrected chi connectivity index (χ0v) is 18.1. The Kier molecular flexibility index (Phi) is 6.98. The lowest BCUT2D eigenvalue weighted by molar-refractivity contribution is -0.113. The monoisotopic (exact) mass is 447 g/mol. The van der Waals surface area contributed by atoms with E-state index in [-0.39, 0.29) is 17.8 Å². The third kappa shape index (κ3) is 5.12. The van der Waals surface area contributed by atoms with Crippen LogP contribution in [0.2, 0.25) is 15.1 Å². The Labute approximate surface area is 177 Å². The van der Waals surface area contributed by atoms with Crippen LogP contribution >= 0.6 is 46.6 Å². The van der Waals surface area contributed by atoms with Gasteiger partial charge in [-0.3, -0.25) is 4.79 Å². The van der Waals surface area contributed by atoms with Crippen molar-refractivity contribution in [2.24, 2.45) is 0 Å². The second-order valence-electron chi connectivity index (χ2n) is 6.39. The first-order valence-corrected chi connectivity index (χ1v) is 10.7. The highest BCUT2D eigenvalue weighted by Gasteiger charge is 2.21. The number of rotatable bonds is 6. The van der Waals surface area contributed by atoms with Gasteiger partial charge in [-0.25, -0.2) is 4.98 Å². The Morgan fingerprint density at radius 2 is 2.04 bits per heavy atom. The highest BCUT2D eigenvalue weighted by molar-refractivity contribution is 7.99. The van der Waals surface area contributed by atoms with Crippen molar-refractivity contribution in [3.05, 3.63) is 38.6 Å². The van der Waals surface area contributed by atoms with Gasteiger partial charge in [-0.15, -0.1) is 0 Å². The van der Waals surface area contributed by atoms with Gasteiger partial charge >= 0.3 is 0 Å². The zero-order chi connectivity index (χ0) is 19.6. The van der Waals surface area contributed by atoms with E-state index in [1.807, 2.05) is 13.8 Å². The van der Waals surface area contributed by atoms with Crippen molar-refractivity contribution in [1.82, 2.24) is 9.55 Å². The van der Waals surface area contributed by atoms with Gasteiger partial charge < -0.3 is 14.6 Å². The second-order valence-corrected chi connectivity index (χ2v) is 8.59. The van der Waals surface area contributed by atoms with Gasteiger partial charge in [0.25, 0.3) is 0 Å². The molecule has 2 aromatic rings. The van der Waals surface area contributed by atoms with Gasteiger partial charge in [0.15, 0.2) is 5.16 Å². The van der Waals surface area contributed by atoms with E-state index in [1.54, 1.807) is 12.1 Å². The Bertz CT molecular complexity index is 828. The fourth-order valence-electron chi connectivity index (χ4n) is 2.91. The summed E-state index contributed by atoms with van der Waals surface area (Å²) in [6.07, 6.45) is 2.34. The lowest BCUT2D eigenvalue weighted by Gasteiger charge is -2.15. The number of halogens is 3. The average molecular weight is 449 g/mol. The van der Waals surface area contributed by atoms with E-state index >= 15 is 0 Å². The number of nitrogens with one attached hydrogen (secondary N) is 1. The van der Waals surface area contributed by atoms with Crippen LogP contribution in [0.15, 0.2) is 17.3 Å². The maximum atomic E-state index is 12.4. The van der Waals surface area contributed by atoms with Crippen LogP contribution in [0.5, 0.6) is 0 Å². The summed E-state index contributed by atoms with van der Waals surface area (Å²) < 4.78 is 7.87. The molecule has 1 aliphatic rings. The predicted molar refractivity (Wildman–Crippen MR) is 112 cm³/mol. The molecule has 1 saturated heterocycles. The molecule has 1 fully saturated rings. The van der Waals surface area contributed by atoms with Crippen LogP contribution < -0.4 is 5.32 Å². The number of ether oxygens (including phenoxy) is 1. The van der Waals surface area contributed by atoms with E-state index in [2.05, 4.69) is 14.9 Å². The van der Waals surface area contributed by atoms with Crippen molar-refractivity contribution < 1.29 is 9.53 Å². The van der Waals surface area contributed by atoms with Crippen LogP contribution in [0.4, 0.5) is 5.69 Å². The van der Waals surface area contributed by atoms with Gasteiger partial charge in [0.2, 0.25) is 5.91 Å². The summed E-state index contributed by atoms with van der Waals surface area (Å²) in [5, 5.41) is 4.58. The summed E-state index contributed by atoms with van der Waals surface area (Å²) in [6, 6.07) is 3.08. The number of carbonyl (C=O) groups excluding carboxylic acids is 1. The summed E-state index contributed by atoms with van der Waals surface area (Å²) in [4.78, 5) is 17.0. The molecular weight excluding hydrogens is 429 g/mol. The minimum absolute atomic E-state index is 0.191. The molecule has 9 heteroatoms. The number of nitrogens with zero attached hydrogens (tertiary/aromatic N) is 2. The predicted octanol–water partition coefficient (Wildman–Crippen LogP) is 5.37. The van der Waals surface area contributed by atoms with E-state index < -0.39 is 0 Å². The van der Waals surface area contributed by atoms with Crippen molar-refractivity contribution in [2.45, 2.75) is 44.5 Å². The standard InChI is InChI=1S/C18H20Cl3N3O2S/c1-10-11(2)24(8-13-4-3-5-26-13)18(22-10)27-9-16(25)23-17-14(20)6-12(19)7-15(17)21/h6-7,13H,3-5,8-9H2,1-2H3,(H,23,25). The molecule has 0 spiro atoms. The molecule has 1 aliphatic heterocycles. The van der Waals surface area contributed by atoms with Gasteiger partial charge in [-0.2, -0.15) is 0 Å². The highest BCUT2D eigenvalue weighted by Crippen LogP contribution is 2.34. The van der Waals surface area contributed by atoms with Gasteiger partial charge in [0, 0.05) is 17.3 Å². The molecule has 3 rings (SSSR count). The number of amides is 1. The van der Waals surface area contributed by atoms with Gasteiger partial charge in [0.1, 0.15) is 0 Å². The van der Waals surface area contributed by atoms with Gasteiger partial charge in [-0.1, -0.05) is 46.6 Å². The third-order valence-electron chi connectivity index (χ3n) is 4.44. The number of imidazole rings is 1. The van der Waals surface area contributed by atoms with Gasteiger partial charge in [0.05, 0.1) is 39.8 Å². The number of hydrogen-bond donors (Lipinski definition) is 1. The number of thioether (sulfide) groups is 1. The van der Waals surface area contributed by atoms with E-state index in [9.17, 15) is 4.79 Å². The van der Waals surface area contributed by atoms with Crippen LogP contribution in [0, 0.1) is 13.8 Å². The van der Waals surface area contributed by atoms with Crippen LogP contribution in [-0.2, 0) is 16.1 Å². The number of hydrogen-bond acceptors (Lipinski definition) is 4. The van der Waals surface area contributed by atoms with Crippen LogP contribution in [0.1, 0.15) is 24.2 Å². The molecule has 5 nitrogen and oxygen atoms in total. The molecule has 1 N–H and O–H groups in total. The van der Waals surface area contributed by atoms with Crippen molar-refractivity contribution in [3.63, 3.8) is 0 Å². The molecule has 0 saturated carbocycles. The maximum Gasteiger partial charge on any atom is 0.234 e. The highest BCUT2D eigenvalue weighted by atomic mass is 35.5. The maximum absolute atomic E-state index is 12.4. The van der Waals surface area contributed by atoms with Crippen molar-refractivity contribution >= 4 is 58.2 Å². The summed E-state index contributed by atoms with van der Waals surface area (Å²) in [7, 11) is 0. The van der Waals surface area contributed by atoms with Crippen LogP contribution in [0.25, 0.3) is 0 Å². The van der Waals surface area contributed by atoms with Crippen molar-refractivity contribution in [2.75, 3.05) is 17.7 Å². The smallest absolute Gasteiger partial charge is 0.234 e. The Morgan fingerprint density at radius 1 is 1.33 bits per heavy atom. The summed E-state index contributed by atoms with van der Waals surface area (Å²) in [5.74, 6) is -0.0236. The molecular formula is C18H20Cl3N3O2S. The van der Waals surface area contributed by atoms with Crippen LogP contribution in [-0.4, -0.2) is 33.9 Å². The quantitative estimate of drug-likeness (QED) is 0.604. The molecule has 27 heavy (non-hydrogen) atoms. The summed E-state index contributed by atoms with van der Waals surface area (Å²) in [5.41, 5.74) is 2.42. The third-order valence-corrected chi connectivity index (χ3v) is 6.23. The lowest BCUT2D eigenvalue weighted by Crippen LogP contribution is -2.18. The number of anilines is 1. The molecule has 1 unspecified atom stereocenters. The zero-order valence-electron chi connectivity index (χ0n) is 15.0. The van der Waals surface area contributed by atoms with E-state index in [0.29, 0.717) is 20.8 Å². The molecule has 0 aliphatic carbocycles. The topological polar surface area (TPSA) is 56.2 Å². The first-order chi connectivity index (χ1) is 12.8. The van der Waals surface area contributed by atoms with E-state index in [0.717, 1.165) is 42.5 Å². The molecule has 1 amide bonds. The SMILES string of the molecule is Cc1nc(SCC(=O)Nc2c(Cl)cc(Cl)cc2Cl)n(CC2CCCO2)c1C. The Morgan fingerprint density at radius 3 is 2.67 bits per heavy atom. The average Bonchev–Trinajstić information content (AvgIpc) is 3.20. The number of aryl methyl sites for hydroxylation is 1. The lowest BCUT2D eigenvalue weighted by atomic mass is 10.2. The first kappa shape index (κ1) is 20.8. The first-order valence-electron chi connectivity index (χ1n) is 8.57. The number of aromatic nitrogens is 2. The van der Waals surface area contributed by atoms with Crippen molar-refractivity contribution in [1.29, 1.82) is 0 Å². The van der Waals surface area contributed by atoms with E-state index in [1.165, 1.54) is 11.8 Å². The Hall–Kier alpha value is -0.920. The van der Waals surface area contributed by atoms with Gasteiger partial charge in [-0.05, 0) is 38.8 Å². The molecule has 1 atom stereocenters. The summed E-state index contributed by atoms with van der Waals surface area (Å²) in [6.45, 7) is 5.57. The fourth-order valence-corrected chi connectivity index (χ4v) is 4.72. The van der Waals surface area contributed by atoms with Crippen LogP contribution in [0.3, 0.4) is 0 Å². The molecule has 1 aromatic carbocycles. The number of carbonyl (C=O) groups is 1. The number of benzene rings is 1. The minimum Gasteiger partial charge on any atom is -0.376 e. The molecule has 1 aromatic heterocycles. The normalized spacial score (nSPS) is 16.7. The molecule has 2 heterocycles. The molecule has 146 valence electrons. The van der Waals surface area contributed by atoms with Crippen molar-refractivity contribution in [3.8, 4) is 0 Å². The summed E-state index contributed by atoms with van der Waals surface area (Å²) >= 11 is 19.5. The Balaban J connectivity index is 1.66. The fraction of sp³-hybridized carbons (Fsp3) is 0.444. The second kappa shape index (κ2) is 9.05. The molecule has 0 radical (unpaired) electrons. The van der Waals surface area contributed by atoms with E-state index in [4.69, 9.17) is 39.5 Å². The minimum atomic E-state index is -0.215. The molecule has 0 bridgehead atoms.